The monoisotopic (exact) mass is 284 g/mol. The van der Waals surface area contributed by atoms with Crippen molar-refractivity contribution in [3.05, 3.63) is 65.7 Å². The molecule has 1 aromatic heterocycles. The van der Waals surface area contributed by atoms with Gasteiger partial charge in [0.15, 0.2) is 0 Å². The van der Waals surface area contributed by atoms with Crippen LogP contribution in [0.3, 0.4) is 0 Å². The van der Waals surface area contributed by atoms with Crippen LogP contribution in [0.2, 0.25) is 0 Å². The Kier molecular flexibility index (Phi) is 3.60. The molecule has 1 amide bonds. The number of carbonyl (C=O) groups is 1. The van der Waals surface area contributed by atoms with Crippen LogP contribution in [-0.4, -0.2) is 21.9 Å². The summed E-state index contributed by atoms with van der Waals surface area (Å²) in [5.74, 6) is -0.289. The van der Waals surface area contributed by atoms with Gasteiger partial charge in [-0.1, -0.05) is 12.1 Å². The second kappa shape index (κ2) is 5.56. The van der Waals surface area contributed by atoms with Gasteiger partial charge in [0.2, 0.25) is 5.91 Å². The summed E-state index contributed by atoms with van der Waals surface area (Å²) in [6.07, 6.45) is 5.33. The molecule has 21 heavy (non-hydrogen) atoms. The lowest BCUT2D eigenvalue weighted by molar-refractivity contribution is -0.129. The van der Waals surface area contributed by atoms with Crippen molar-refractivity contribution in [1.82, 2.24) is 9.47 Å². The highest BCUT2D eigenvalue weighted by molar-refractivity contribution is 5.92. The molecule has 0 aliphatic carbocycles. The van der Waals surface area contributed by atoms with E-state index in [-0.39, 0.29) is 17.8 Å². The van der Waals surface area contributed by atoms with Gasteiger partial charge in [-0.05, 0) is 42.8 Å². The first kappa shape index (κ1) is 13.6. The minimum absolute atomic E-state index is 0.0146. The molecule has 0 saturated carbocycles. The van der Waals surface area contributed by atoms with E-state index in [1.807, 2.05) is 30.2 Å². The molecule has 3 rings (SSSR count). The molecule has 0 N–H and O–H groups in total. The van der Waals surface area contributed by atoms with Crippen molar-refractivity contribution < 1.29 is 9.18 Å². The van der Waals surface area contributed by atoms with Crippen molar-refractivity contribution in [2.75, 3.05) is 6.54 Å². The largest absolute Gasteiger partial charge is 0.348 e. The Bertz CT molecular complexity index is 672. The van der Waals surface area contributed by atoms with Crippen molar-refractivity contribution in [3.8, 4) is 0 Å². The molecule has 0 saturated heterocycles. The minimum atomic E-state index is -0.274. The lowest BCUT2D eigenvalue weighted by atomic mass is 10.1. The topological polar surface area (TPSA) is 25.2 Å². The van der Waals surface area contributed by atoms with Crippen LogP contribution >= 0.6 is 0 Å². The fourth-order valence-electron chi connectivity index (χ4n) is 2.72. The van der Waals surface area contributed by atoms with E-state index < -0.39 is 0 Å². The van der Waals surface area contributed by atoms with E-state index in [0.29, 0.717) is 6.54 Å². The lowest BCUT2D eigenvalue weighted by Gasteiger charge is -2.34. The Hall–Kier alpha value is -2.36. The molecular weight excluding hydrogens is 267 g/mol. The zero-order valence-electron chi connectivity index (χ0n) is 11.9. The maximum atomic E-state index is 12.8. The molecule has 0 unspecified atom stereocenters. The van der Waals surface area contributed by atoms with E-state index in [9.17, 15) is 9.18 Å². The molecule has 108 valence electrons. The van der Waals surface area contributed by atoms with E-state index in [1.165, 1.54) is 12.1 Å². The Morgan fingerprint density at radius 2 is 2.00 bits per heavy atom. The number of nitrogens with zero attached hydrogens (tertiary/aromatic N) is 2. The van der Waals surface area contributed by atoms with Crippen molar-refractivity contribution >= 4 is 12.0 Å². The third kappa shape index (κ3) is 2.75. The molecular formula is C17H17FN2O. The standard InChI is InChI=1S/C17H17FN2O/c1-13-16-3-2-10-19(16)11-12-20(13)17(21)9-6-14-4-7-15(18)8-5-14/h2-10,13H,11-12H2,1H3/b9-6+/t13-/m0/s1. The number of carbonyl (C=O) groups excluding carboxylic acids is 1. The lowest BCUT2D eigenvalue weighted by Crippen LogP contribution is -2.39. The summed E-state index contributed by atoms with van der Waals surface area (Å²) in [7, 11) is 0. The number of benzene rings is 1. The SMILES string of the molecule is C[C@H]1c2cccn2CCN1C(=O)/C=C/c1ccc(F)cc1. The molecule has 1 aliphatic rings. The van der Waals surface area contributed by atoms with Crippen LogP contribution in [0.15, 0.2) is 48.7 Å². The van der Waals surface area contributed by atoms with Crippen LogP contribution in [0.1, 0.15) is 24.2 Å². The number of rotatable bonds is 2. The number of hydrogen-bond donors (Lipinski definition) is 0. The van der Waals surface area contributed by atoms with Crippen LogP contribution in [0.4, 0.5) is 4.39 Å². The predicted molar refractivity (Wildman–Crippen MR) is 80.0 cm³/mol. The molecule has 1 aliphatic heterocycles. The predicted octanol–water partition coefficient (Wildman–Crippen LogP) is 3.24. The Morgan fingerprint density at radius 3 is 2.76 bits per heavy atom. The van der Waals surface area contributed by atoms with Crippen molar-refractivity contribution in [2.45, 2.75) is 19.5 Å². The molecule has 1 aromatic carbocycles. The summed E-state index contributed by atoms with van der Waals surface area (Å²) in [5, 5.41) is 0. The van der Waals surface area contributed by atoms with Crippen molar-refractivity contribution in [3.63, 3.8) is 0 Å². The van der Waals surface area contributed by atoms with Gasteiger partial charge < -0.3 is 9.47 Å². The Balaban J connectivity index is 1.73. The number of halogens is 1. The smallest absolute Gasteiger partial charge is 0.247 e. The third-order valence-electron chi connectivity index (χ3n) is 3.91. The molecule has 0 spiro atoms. The quantitative estimate of drug-likeness (QED) is 0.777. The average molecular weight is 284 g/mol. The van der Waals surface area contributed by atoms with Gasteiger partial charge in [0.1, 0.15) is 5.82 Å². The van der Waals surface area contributed by atoms with Gasteiger partial charge in [-0.2, -0.15) is 0 Å². The molecule has 0 bridgehead atoms. The van der Waals surface area contributed by atoms with Gasteiger partial charge in [-0.15, -0.1) is 0 Å². The van der Waals surface area contributed by atoms with Crippen LogP contribution < -0.4 is 0 Å². The number of hydrogen-bond acceptors (Lipinski definition) is 1. The number of aromatic nitrogens is 1. The summed E-state index contributed by atoms with van der Waals surface area (Å²) in [4.78, 5) is 14.2. The first-order valence-electron chi connectivity index (χ1n) is 7.04. The maximum absolute atomic E-state index is 12.8. The van der Waals surface area contributed by atoms with E-state index >= 15 is 0 Å². The fourth-order valence-corrected chi connectivity index (χ4v) is 2.72. The summed E-state index contributed by atoms with van der Waals surface area (Å²) in [6.45, 7) is 3.56. The maximum Gasteiger partial charge on any atom is 0.247 e. The average Bonchev–Trinajstić information content (AvgIpc) is 2.96. The highest BCUT2D eigenvalue weighted by Crippen LogP contribution is 2.25. The minimum Gasteiger partial charge on any atom is -0.348 e. The first-order valence-corrected chi connectivity index (χ1v) is 7.04. The fraction of sp³-hybridized carbons (Fsp3) is 0.235. The highest BCUT2D eigenvalue weighted by atomic mass is 19.1. The van der Waals surface area contributed by atoms with Crippen molar-refractivity contribution in [1.29, 1.82) is 0 Å². The van der Waals surface area contributed by atoms with Crippen LogP contribution in [0, 0.1) is 5.82 Å². The zero-order chi connectivity index (χ0) is 14.8. The van der Waals surface area contributed by atoms with Gasteiger partial charge in [0, 0.05) is 31.1 Å². The van der Waals surface area contributed by atoms with Gasteiger partial charge >= 0.3 is 0 Å². The van der Waals surface area contributed by atoms with Gasteiger partial charge in [-0.25, -0.2) is 4.39 Å². The van der Waals surface area contributed by atoms with Crippen molar-refractivity contribution in [2.24, 2.45) is 0 Å². The van der Waals surface area contributed by atoms with E-state index in [2.05, 4.69) is 4.57 Å². The van der Waals surface area contributed by atoms with Gasteiger partial charge in [0.05, 0.1) is 6.04 Å². The zero-order valence-corrected chi connectivity index (χ0v) is 11.9. The Labute approximate surface area is 123 Å². The second-order valence-corrected chi connectivity index (χ2v) is 5.22. The van der Waals surface area contributed by atoms with Crippen LogP contribution in [-0.2, 0) is 11.3 Å². The second-order valence-electron chi connectivity index (χ2n) is 5.22. The van der Waals surface area contributed by atoms with Crippen LogP contribution in [0.5, 0.6) is 0 Å². The van der Waals surface area contributed by atoms with Crippen LogP contribution in [0.25, 0.3) is 6.08 Å². The highest BCUT2D eigenvalue weighted by Gasteiger charge is 2.25. The molecule has 0 radical (unpaired) electrons. The molecule has 3 nitrogen and oxygen atoms in total. The van der Waals surface area contributed by atoms with E-state index in [1.54, 1.807) is 24.3 Å². The third-order valence-corrected chi connectivity index (χ3v) is 3.91. The molecule has 0 fully saturated rings. The summed E-state index contributed by atoms with van der Waals surface area (Å²) < 4.78 is 15.0. The Morgan fingerprint density at radius 1 is 1.24 bits per heavy atom. The first-order chi connectivity index (χ1) is 10.1. The summed E-state index contributed by atoms with van der Waals surface area (Å²) in [5.41, 5.74) is 1.97. The summed E-state index contributed by atoms with van der Waals surface area (Å²) >= 11 is 0. The van der Waals surface area contributed by atoms with E-state index in [0.717, 1.165) is 17.8 Å². The number of fused-ring (bicyclic) bond motifs is 1. The summed E-state index contributed by atoms with van der Waals surface area (Å²) in [6, 6.07) is 10.2. The molecule has 2 aromatic rings. The number of amides is 1. The van der Waals surface area contributed by atoms with Gasteiger partial charge in [0.25, 0.3) is 0 Å². The molecule has 2 heterocycles. The molecule has 1 atom stereocenters. The van der Waals surface area contributed by atoms with Gasteiger partial charge in [-0.3, -0.25) is 4.79 Å². The molecule has 4 heteroatoms. The normalized spacial score (nSPS) is 18.0. The van der Waals surface area contributed by atoms with E-state index in [4.69, 9.17) is 0 Å².